The lowest BCUT2D eigenvalue weighted by Gasteiger charge is -2.35. The Morgan fingerprint density at radius 2 is 2.05 bits per heavy atom. The van der Waals surface area contributed by atoms with Crippen molar-refractivity contribution in [1.29, 1.82) is 5.26 Å². The summed E-state index contributed by atoms with van der Waals surface area (Å²) >= 11 is 0. The lowest BCUT2D eigenvalue weighted by molar-refractivity contribution is 0.244. The standard InChI is InChI=1S/C14H17N7/c15-10-13-2-1-3-17-14(13)20-7-4-19(5-8-20)6-9-21-12-16-11-18-21/h1-3,11-12H,4-9H2. The molecule has 1 aliphatic rings. The van der Waals surface area contributed by atoms with Crippen molar-refractivity contribution in [2.75, 3.05) is 37.6 Å². The van der Waals surface area contributed by atoms with Crippen LogP contribution in [0.15, 0.2) is 31.0 Å². The van der Waals surface area contributed by atoms with E-state index in [4.69, 9.17) is 5.26 Å². The highest BCUT2D eigenvalue weighted by molar-refractivity contribution is 5.53. The zero-order valence-electron chi connectivity index (χ0n) is 11.8. The molecule has 1 fully saturated rings. The maximum atomic E-state index is 9.15. The molecule has 1 saturated heterocycles. The highest BCUT2D eigenvalue weighted by Gasteiger charge is 2.19. The maximum absolute atomic E-state index is 9.15. The Kier molecular flexibility index (Phi) is 4.07. The summed E-state index contributed by atoms with van der Waals surface area (Å²) in [5, 5.41) is 13.3. The lowest BCUT2D eigenvalue weighted by Crippen LogP contribution is -2.47. The van der Waals surface area contributed by atoms with Gasteiger partial charge >= 0.3 is 0 Å². The molecule has 3 rings (SSSR count). The average Bonchev–Trinajstić information content (AvgIpc) is 3.07. The molecule has 0 aliphatic carbocycles. The van der Waals surface area contributed by atoms with Crippen LogP contribution >= 0.6 is 0 Å². The predicted octanol–water partition coefficient (Wildman–Crippen LogP) is 0.367. The highest BCUT2D eigenvalue weighted by atomic mass is 15.3. The van der Waals surface area contributed by atoms with Crippen molar-refractivity contribution >= 4 is 5.82 Å². The van der Waals surface area contributed by atoms with Crippen molar-refractivity contribution in [3.63, 3.8) is 0 Å². The summed E-state index contributed by atoms with van der Waals surface area (Å²) in [4.78, 5) is 12.9. The van der Waals surface area contributed by atoms with Gasteiger partial charge < -0.3 is 4.90 Å². The third-order valence-electron chi connectivity index (χ3n) is 3.69. The van der Waals surface area contributed by atoms with Gasteiger partial charge in [-0.1, -0.05) is 0 Å². The number of nitriles is 1. The van der Waals surface area contributed by atoms with Gasteiger partial charge in [0.25, 0.3) is 0 Å². The van der Waals surface area contributed by atoms with E-state index >= 15 is 0 Å². The zero-order chi connectivity index (χ0) is 14.5. The van der Waals surface area contributed by atoms with Crippen molar-refractivity contribution < 1.29 is 0 Å². The topological polar surface area (TPSA) is 73.9 Å². The molecule has 2 aromatic rings. The molecule has 7 heteroatoms. The van der Waals surface area contributed by atoms with Gasteiger partial charge in [-0.15, -0.1) is 0 Å². The largest absolute Gasteiger partial charge is 0.353 e. The van der Waals surface area contributed by atoms with Crippen LogP contribution in [0.3, 0.4) is 0 Å². The molecule has 0 aromatic carbocycles. The molecule has 2 aromatic heterocycles. The molecule has 0 bridgehead atoms. The first kappa shape index (κ1) is 13.5. The Labute approximate surface area is 123 Å². The van der Waals surface area contributed by atoms with Gasteiger partial charge in [0.15, 0.2) is 0 Å². The number of aromatic nitrogens is 4. The summed E-state index contributed by atoms with van der Waals surface area (Å²) in [7, 11) is 0. The molecule has 7 nitrogen and oxygen atoms in total. The molecule has 0 N–H and O–H groups in total. The lowest BCUT2D eigenvalue weighted by atomic mass is 10.2. The van der Waals surface area contributed by atoms with Crippen molar-refractivity contribution in [2.45, 2.75) is 6.54 Å². The van der Waals surface area contributed by atoms with Crippen molar-refractivity contribution in [3.8, 4) is 6.07 Å². The fourth-order valence-electron chi connectivity index (χ4n) is 2.51. The molecule has 108 valence electrons. The Morgan fingerprint density at radius 1 is 1.19 bits per heavy atom. The number of piperazine rings is 1. The van der Waals surface area contributed by atoms with Crippen molar-refractivity contribution in [2.24, 2.45) is 0 Å². The van der Waals surface area contributed by atoms with Crippen LogP contribution in [0, 0.1) is 11.3 Å². The maximum Gasteiger partial charge on any atom is 0.146 e. The summed E-state index contributed by atoms with van der Waals surface area (Å²) < 4.78 is 1.85. The van der Waals surface area contributed by atoms with Gasteiger partial charge in [0.2, 0.25) is 0 Å². The van der Waals surface area contributed by atoms with Crippen molar-refractivity contribution in [3.05, 3.63) is 36.5 Å². The zero-order valence-corrected chi connectivity index (χ0v) is 11.8. The molecule has 0 unspecified atom stereocenters. The molecule has 0 atom stereocenters. The van der Waals surface area contributed by atoms with Gasteiger partial charge in [-0.05, 0) is 12.1 Å². The van der Waals surface area contributed by atoms with Crippen LogP contribution in [-0.2, 0) is 6.54 Å². The summed E-state index contributed by atoms with van der Waals surface area (Å²) in [5.41, 5.74) is 0.647. The number of nitrogens with zero attached hydrogens (tertiary/aromatic N) is 7. The van der Waals surface area contributed by atoms with E-state index in [1.54, 1.807) is 24.9 Å². The molecular weight excluding hydrogens is 266 g/mol. The van der Waals surface area contributed by atoms with Crippen molar-refractivity contribution in [1.82, 2.24) is 24.6 Å². The first-order valence-electron chi connectivity index (χ1n) is 7.01. The minimum absolute atomic E-state index is 0.647. The molecule has 0 amide bonds. The van der Waals surface area contributed by atoms with Crippen LogP contribution in [0.1, 0.15) is 5.56 Å². The van der Waals surface area contributed by atoms with E-state index < -0.39 is 0 Å². The number of hydrogen-bond donors (Lipinski definition) is 0. The molecule has 0 spiro atoms. The molecule has 1 aliphatic heterocycles. The van der Waals surface area contributed by atoms with E-state index in [0.29, 0.717) is 5.56 Å². The second-order valence-corrected chi connectivity index (χ2v) is 4.97. The predicted molar refractivity (Wildman–Crippen MR) is 77.6 cm³/mol. The fraction of sp³-hybridized carbons (Fsp3) is 0.429. The van der Waals surface area contributed by atoms with Gasteiger partial charge in [0.1, 0.15) is 24.5 Å². The SMILES string of the molecule is N#Cc1cccnc1N1CCN(CCn2cncn2)CC1. The van der Waals surface area contributed by atoms with Crippen LogP contribution in [0.2, 0.25) is 0 Å². The Hall–Kier alpha value is -2.46. The third-order valence-corrected chi connectivity index (χ3v) is 3.69. The number of pyridine rings is 1. The van der Waals surface area contributed by atoms with Crippen LogP contribution in [0.4, 0.5) is 5.82 Å². The number of hydrogen-bond acceptors (Lipinski definition) is 6. The van der Waals surface area contributed by atoms with Gasteiger partial charge in [-0.25, -0.2) is 9.97 Å². The molecule has 3 heterocycles. The summed E-state index contributed by atoms with van der Waals surface area (Å²) in [6.45, 7) is 5.54. The first-order valence-corrected chi connectivity index (χ1v) is 7.01. The van der Waals surface area contributed by atoms with Gasteiger partial charge in [0, 0.05) is 38.9 Å². The molecular formula is C14H17N7. The van der Waals surface area contributed by atoms with E-state index in [-0.39, 0.29) is 0 Å². The third kappa shape index (κ3) is 3.17. The highest BCUT2D eigenvalue weighted by Crippen LogP contribution is 2.17. The second kappa shape index (κ2) is 6.33. The number of rotatable bonds is 4. The van der Waals surface area contributed by atoms with Crippen LogP contribution in [0.5, 0.6) is 0 Å². The number of anilines is 1. The van der Waals surface area contributed by atoms with E-state index in [9.17, 15) is 0 Å². The van der Waals surface area contributed by atoms with Gasteiger partial charge in [0.05, 0.1) is 12.1 Å². The Balaban J connectivity index is 1.54. The quantitative estimate of drug-likeness (QED) is 0.807. The summed E-state index contributed by atoms with van der Waals surface area (Å²) in [6.07, 6.45) is 5.04. The van der Waals surface area contributed by atoms with E-state index in [1.807, 2.05) is 10.7 Å². The molecule has 21 heavy (non-hydrogen) atoms. The minimum Gasteiger partial charge on any atom is -0.353 e. The van der Waals surface area contributed by atoms with E-state index in [1.165, 1.54) is 0 Å². The van der Waals surface area contributed by atoms with Crippen LogP contribution < -0.4 is 4.90 Å². The summed E-state index contributed by atoms with van der Waals surface area (Å²) in [5.74, 6) is 0.802. The second-order valence-electron chi connectivity index (χ2n) is 4.97. The Bertz CT molecular complexity index is 609. The van der Waals surface area contributed by atoms with Crippen LogP contribution in [-0.4, -0.2) is 57.4 Å². The van der Waals surface area contributed by atoms with Gasteiger partial charge in [-0.3, -0.25) is 9.58 Å². The van der Waals surface area contributed by atoms with E-state index in [0.717, 1.165) is 45.1 Å². The monoisotopic (exact) mass is 283 g/mol. The molecule has 0 radical (unpaired) electrons. The normalized spacial score (nSPS) is 15.9. The summed E-state index contributed by atoms with van der Waals surface area (Å²) in [6, 6.07) is 5.83. The molecule has 0 saturated carbocycles. The van der Waals surface area contributed by atoms with E-state index in [2.05, 4.69) is 30.9 Å². The minimum atomic E-state index is 0.647. The Morgan fingerprint density at radius 3 is 2.76 bits per heavy atom. The fourth-order valence-corrected chi connectivity index (χ4v) is 2.51. The van der Waals surface area contributed by atoms with Crippen LogP contribution in [0.25, 0.3) is 0 Å². The average molecular weight is 283 g/mol. The first-order chi connectivity index (χ1) is 10.4. The van der Waals surface area contributed by atoms with Gasteiger partial charge in [-0.2, -0.15) is 10.4 Å². The smallest absolute Gasteiger partial charge is 0.146 e.